The van der Waals surface area contributed by atoms with Gasteiger partial charge in [0.2, 0.25) is 6.79 Å². The number of hydrogen-bond donors (Lipinski definition) is 2. The van der Waals surface area contributed by atoms with Crippen LogP contribution in [0.4, 0.5) is 17.2 Å². The van der Waals surface area contributed by atoms with Crippen LogP contribution in [-0.4, -0.2) is 35.9 Å². The summed E-state index contributed by atoms with van der Waals surface area (Å²) in [5, 5.41) is 12.6. The number of carbonyl (C=O) groups excluding carboxylic acids is 1. The molecule has 2 aliphatic heterocycles. The summed E-state index contributed by atoms with van der Waals surface area (Å²) in [6, 6.07) is 12.2. The summed E-state index contributed by atoms with van der Waals surface area (Å²) in [7, 11) is 0. The monoisotopic (exact) mass is 439 g/mol. The topological polar surface area (TPSA) is 93.2 Å². The van der Waals surface area contributed by atoms with E-state index in [1.807, 2.05) is 11.0 Å². The lowest BCUT2D eigenvalue weighted by atomic mass is 10.1. The van der Waals surface area contributed by atoms with E-state index in [1.54, 1.807) is 42.6 Å². The maximum Gasteiger partial charge on any atom is 0.259 e. The average molecular weight is 440 g/mol. The Morgan fingerprint density at radius 1 is 1.16 bits per heavy atom. The molecule has 0 unspecified atom stereocenters. The van der Waals surface area contributed by atoms with Gasteiger partial charge in [0.1, 0.15) is 6.61 Å². The SMILES string of the molecule is O=C(Nc1ccc2c(c1)OCO2)c1cccc2c1OCCN2c1ncc(CO)cc1Cl. The van der Waals surface area contributed by atoms with Gasteiger partial charge in [-0.1, -0.05) is 17.7 Å². The number of pyridine rings is 1. The molecule has 0 saturated heterocycles. The highest BCUT2D eigenvalue weighted by Gasteiger charge is 2.27. The Kier molecular flexibility index (Phi) is 5.01. The molecule has 8 nitrogen and oxygen atoms in total. The van der Waals surface area contributed by atoms with E-state index in [0.717, 1.165) is 0 Å². The first-order chi connectivity index (χ1) is 15.1. The molecule has 158 valence electrons. The van der Waals surface area contributed by atoms with Gasteiger partial charge < -0.3 is 29.5 Å². The van der Waals surface area contributed by atoms with Crippen LogP contribution in [0.3, 0.4) is 0 Å². The van der Waals surface area contributed by atoms with E-state index in [-0.39, 0.29) is 19.3 Å². The molecule has 0 bridgehead atoms. The fourth-order valence-electron chi connectivity index (χ4n) is 3.58. The molecule has 0 aliphatic carbocycles. The molecule has 9 heteroatoms. The molecular weight excluding hydrogens is 422 g/mol. The van der Waals surface area contributed by atoms with Gasteiger partial charge in [-0.15, -0.1) is 0 Å². The number of nitrogens with zero attached hydrogens (tertiary/aromatic N) is 2. The quantitative estimate of drug-likeness (QED) is 0.639. The lowest BCUT2D eigenvalue weighted by molar-refractivity contribution is 0.102. The van der Waals surface area contributed by atoms with Crippen LogP contribution in [-0.2, 0) is 6.61 Å². The largest absolute Gasteiger partial charge is 0.489 e. The fourth-order valence-corrected chi connectivity index (χ4v) is 3.87. The molecule has 0 radical (unpaired) electrons. The van der Waals surface area contributed by atoms with Crippen LogP contribution in [0.25, 0.3) is 0 Å². The number of halogens is 1. The molecule has 3 aromatic rings. The van der Waals surface area contributed by atoms with Crippen LogP contribution in [0.5, 0.6) is 17.2 Å². The van der Waals surface area contributed by atoms with E-state index in [2.05, 4.69) is 10.3 Å². The summed E-state index contributed by atoms with van der Waals surface area (Å²) < 4.78 is 16.5. The third kappa shape index (κ3) is 3.60. The molecule has 31 heavy (non-hydrogen) atoms. The van der Waals surface area contributed by atoms with Gasteiger partial charge in [-0.2, -0.15) is 0 Å². The average Bonchev–Trinajstić information content (AvgIpc) is 3.26. The Morgan fingerprint density at radius 2 is 2.03 bits per heavy atom. The minimum atomic E-state index is -0.313. The number of carbonyl (C=O) groups is 1. The Balaban J connectivity index is 1.46. The molecular formula is C22H18ClN3O5. The fraction of sp³-hybridized carbons (Fsp3) is 0.182. The van der Waals surface area contributed by atoms with E-state index in [0.29, 0.717) is 63.7 Å². The third-order valence-corrected chi connectivity index (χ3v) is 5.32. The standard InChI is InChI=1S/C22H18ClN3O5/c23-16-8-13(11-27)10-24-21(16)26-6-7-29-20-15(2-1-3-17(20)26)22(28)25-14-4-5-18-19(9-14)31-12-30-18/h1-5,8-10,27H,6-7,11-12H2,(H,25,28). The van der Waals surface area contributed by atoms with Gasteiger partial charge in [0.05, 0.1) is 29.4 Å². The summed E-state index contributed by atoms with van der Waals surface area (Å²) in [4.78, 5) is 19.3. The first kappa shape index (κ1) is 19.5. The number of amides is 1. The van der Waals surface area contributed by atoms with Crippen LogP contribution < -0.4 is 24.4 Å². The van der Waals surface area contributed by atoms with Crippen molar-refractivity contribution in [3.8, 4) is 17.2 Å². The number of ether oxygens (including phenoxy) is 3. The summed E-state index contributed by atoms with van der Waals surface area (Å²) in [6.07, 6.45) is 1.58. The normalized spacial score (nSPS) is 14.1. The van der Waals surface area contributed by atoms with Crippen molar-refractivity contribution in [2.75, 3.05) is 30.2 Å². The number of hydrogen-bond acceptors (Lipinski definition) is 7. The van der Waals surface area contributed by atoms with Crippen molar-refractivity contribution in [3.63, 3.8) is 0 Å². The van der Waals surface area contributed by atoms with Crippen LogP contribution in [0.1, 0.15) is 15.9 Å². The first-order valence-electron chi connectivity index (χ1n) is 9.63. The van der Waals surface area contributed by atoms with Crippen molar-refractivity contribution in [2.24, 2.45) is 0 Å². The molecule has 2 aromatic carbocycles. The Morgan fingerprint density at radius 3 is 2.87 bits per heavy atom. The minimum absolute atomic E-state index is 0.142. The maximum absolute atomic E-state index is 13.0. The number of para-hydroxylation sites is 1. The Labute approximate surface area is 182 Å². The van der Waals surface area contributed by atoms with Gasteiger partial charge in [-0.25, -0.2) is 4.98 Å². The number of aliphatic hydroxyl groups excluding tert-OH is 1. The number of nitrogens with one attached hydrogen (secondary N) is 1. The Bertz CT molecular complexity index is 1170. The number of aromatic nitrogens is 1. The van der Waals surface area contributed by atoms with Crippen LogP contribution in [0.15, 0.2) is 48.7 Å². The third-order valence-electron chi connectivity index (χ3n) is 5.04. The summed E-state index contributed by atoms with van der Waals surface area (Å²) in [5.74, 6) is 1.91. The van der Waals surface area contributed by atoms with Gasteiger partial charge in [0.15, 0.2) is 23.1 Å². The molecule has 2 aliphatic rings. The number of benzene rings is 2. The second kappa shape index (κ2) is 7.98. The van der Waals surface area contributed by atoms with E-state index < -0.39 is 0 Å². The number of aliphatic hydroxyl groups is 1. The van der Waals surface area contributed by atoms with Gasteiger partial charge >= 0.3 is 0 Å². The molecule has 1 aromatic heterocycles. The number of rotatable bonds is 4. The van der Waals surface area contributed by atoms with Gasteiger partial charge in [0.25, 0.3) is 5.91 Å². The second-order valence-corrected chi connectivity index (χ2v) is 7.39. The van der Waals surface area contributed by atoms with Crippen molar-refractivity contribution < 1.29 is 24.1 Å². The van der Waals surface area contributed by atoms with Crippen LogP contribution in [0, 0.1) is 0 Å². The van der Waals surface area contributed by atoms with E-state index in [1.165, 1.54) is 0 Å². The molecule has 2 N–H and O–H groups in total. The number of fused-ring (bicyclic) bond motifs is 2. The van der Waals surface area contributed by atoms with Gasteiger partial charge in [-0.3, -0.25) is 4.79 Å². The van der Waals surface area contributed by atoms with E-state index in [9.17, 15) is 9.90 Å². The van der Waals surface area contributed by atoms with Crippen molar-refractivity contribution in [1.29, 1.82) is 0 Å². The van der Waals surface area contributed by atoms with Crippen molar-refractivity contribution in [3.05, 3.63) is 64.8 Å². The molecule has 0 fully saturated rings. The smallest absolute Gasteiger partial charge is 0.259 e. The molecule has 1 amide bonds. The molecule has 0 atom stereocenters. The van der Waals surface area contributed by atoms with Gasteiger partial charge in [-0.05, 0) is 35.9 Å². The van der Waals surface area contributed by atoms with Crippen molar-refractivity contribution in [1.82, 2.24) is 4.98 Å². The zero-order chi connectivity index (χ0) is 21.4. The Hall–Kier alpha value is -3.49. The second-order valence-electron chi connectivity index (χ2n) is 6.98. The van der Waals surface area contributed by atoms with Gasteiger partial charge in [0, 0.05) is 18.0 Å². The lowest BCUT2D eigenvalue weighted by Gasteiger charge is -2.32. The molecule has 5 rings (SSSR count). The summed E-state index contributed by atoms with van der Waals surface area (Å²) >= 11 is 6.41. The first-order valence-corrected chi connectivity index (χ1v) is 10.0. The van der Waals surface area contributed by atoms with Crippen molar-refractivity contribution in [2.45, 2.75) is 6.61 Å². The lowest BCUT2D eigenvalue weighted by Crippen LogP contribution is -2.31. The zero-order valence-electron chi connectivity index (χ0n) is 16.3. The van der Waals surface area contributed by atoms with Crippen molar-refractivity contribution >= 4 is 34.7 Å². The van der Waals surface area contributed by atoms with E-state index in [4.69, 9.17) is 25.8 Å². The highest BCUT2D eigenvalue weighted by atomic mass is 35.5. The number of anilines is 3. The predicted molar refractivity (Wildman–Crippen MR) is 115 cm³/mol. The predicted octanol–water partition coefficient (Wildman–Crippen LogP) is 3.74. The van der Waals surface area contributed by atoms with E-state index >= 15 is 0 Å². The summed E-state index contributed by atoms with van der Waals surface area (Å²) in [5.41, 5.74) is 2.29. The highest BCUT2D eigenvalue weighted by molar-refractivity contribution is 6.33. The molecule has 0 spiro atoms. The molecule has 3 heterocycles. The zero-order valence-corrected chi connectivity index (χ0v) is 17.1. The molecule has 0 saturated carbocycles. The highest BCUT2D eigenvalue weighted by Crippen LogP contribution is 2.41. The maximum atomic E-state index is 13.0. The van der Waals surface area contributed by atoms with Crippen LogP contribution >= 0.6 is 11.6 Å². The summed E-state index contributed by atoms with van der Waals surface area (Å²) in [6.45, 7) is 0.905. The van der Waals surface area contributed by atoms with Crippen LogP contribution in [0.2, 0.25) is 5.02 Å². The minimum Gasteiger partial charge on any atom is -0.489 e.